The molecule has 0 saturated carbocycles. The molecule has 2 aromatic rings. The SMILES string of the molecule is COc1cccc(NC(=O)c2sccc2NC(=O)O)c1. The average molecular weight is 292 g/mol. The molecule has 1 heterocycles. The molecule has 2 amide bonds. The van der Waals surface area contributed by atoms with Crippen LogP contribution in [0, 0.1) is 0 Å². The smallest absolute Gasteiger partial charge is 0.409 e. The van der Waals surface area contributed by atoms with Gasteiger partial charge in [-0.3, -0.25) is 10.1 Å². The predicted molar refractivity (Wildman–Crippen MR) is 76.9 cm³/mol. The molecule has 3 N–H and O–H groups in total. The van der Waals surface area contributed by atoms with Crippen LogP contribution in [0.25, 0.3) is 0 Å². The van der Waals surface area contributed by atoms with Crippen LogP contribution in [0.4, 0.5) is 16.2 Å². The third kappa shape index (κ3) is 3.27. The number of rotatable bonds is 4. The Morgan fingerprint density at radius 3 is 2.75 bits per heavy atom. The monoisotopic (exact) mass is 292 g/mol. The second-order valence-corrected chi connectivity index (χ2v) is 4.70. The van der Waals surface area contributed by atoms with Gasteiger partial charge in [-0.05, 0) is 23.6 Å². The van der Waals surface area contributed by atoms with E-state index in [0.717, 1.165) is 11.3 Å². The summed E-state index contributed by atoms with van der Waals surface area (Å²) in [4.78, 5) is 23.0. The molecule has 2 rings (SSSR count). The van der Waals surface area contributed by atoms with E-state index in [1.54, 1.807) is 35.7 Å². The predicted octanol–water partition coefficient (Wildman–Crippen LogP) is 3.10. The highest BCUT2D eigenvalue weighted by atomic mass is 32.1. The fraction of sp³-hybridized carbons (Fsp3) is 0.0769. The van der Waals surface area contributed by atoms with Gasteiger partial charge < -0.3 is 15.2 Å². The quantitative estimate of drug-likeness (QED) is 0.808. The summed E-state index contributed by atoms with van der Waals surface area (Å²) in [6.45, 7) is 0. The molecule has 20 heavy (non-hydrogen) atoms. The van der Waals surface area contributed by atoms with E-state index in [4.69, 9.17) is 9.84 Å². The van der Waals surface area contributed by atoms with Crippen LogP contribution in [-0.2, 0) is 0 Å². The number of ether oxygens (including phenoxy) is 1. The van der Waals surface area contributed by atoms with Crippen LogP contribution >= 0.6 is 11.3 Å². The Hall–Kier alpha value is -2.54. The summed E-state index contributed by atoms with van der Waals surface area (Å²) in [6.07, 6.45) is -1.21. The standard InChI is InChI=1S/C13H12N2O4S/c1-19-9-4-2-3-8(7-9)14-12(16)11-10(5-6-20-11)15-13(17)18/h2-7,15H,1H3,(H,14,16)(H,17,18). The topological polar surface area (TPSA) is 87.7 Å². The molecule has 0 aliphatic carbocycles. The molecular weight excluding hydrogens is 280 g/mol. The number of hydrogen-bond donors (Lipinski definition) is 3. The lowest BCUT2D eigenvalue weighted by atomic mass is 10.3. The summed E-state index contributed by atoms with van der Waals surface area (Å²) < 4.78 is 5.06. The van der Waals surface area contributed by atoms with E-state index < -0.39 is 6.09 Å². The minimum atomic E-state index is -1.21. The van der Waals surface area contributed by atoms with Gasteiger partial charge in [0.2, 0.25) is 0 Å². The van der Waals surface area contributed by atoms with Crippen molar-refractivity contribution in [3.8, 4) is 5.75 Å². The molecule has 1 aromatic carbocycles. The van der Waals surface area contributed by atoms with E-state index in [1.807, 2.05) is 0 Å². The molecule has 0 bridgehead atoms. The summed E-state index contributed by atoms with van der Waals surface area (Å²) in [5.74, 6) is 0.245. The van der Waals surface area contributed by atoms with Crippen LogP contribution in [-0.4, -0.2) is 24.2 Å². The first kappa shape index (κ1) is 13.9. The molecule has 0 spiro atoms. The second kappa shape index (κ2) is 6.07. The van der Waals surface area contributed by atoms with Crippen molar-refractivity contribution in [2.45, 2.75) is 0 Å². The summed E-state index contributed by atoms with van der Waals surface area (Å²) >= 11 is 1.16. The van der Waals surface area contributed by atoms with Gasteiger partial charge >= 0.3 is 6.09 Å². The van der Waals surface area contributed by atoms with Gasteiger partial charge in [0.05, 0.1) is 12.8 Å². The summed E-state index contributed by atoms with van der Waals surface area (Å²) in [7, 11) is 1.54. The van der Waals surface area contributed by atoms with Crippen molar-refractivity contribution < 1.29 is 19.4 Å². The van der Waals surface area contributed by atoms with Crippen molar-refractivity contribution in [3.05, 3.63) is 40.6 Å². The number of carbonyl (C=O) groups is 2. The van der Waals surface area contributed by atoms with E-state index in [-0.39, 0.29) is 11.6 Å². The van der Waals surface area contributed by atoms with Gasteiger partial charge in [-0.15, -0.1) is 11.3 Å². The third-order valence-electron chi connectivity index (χ3n) is 2.44. The van der Waals surface area contributed by atoms with Gasteiger partial charge in [0, 0.05) is 11.8 Å². The molecule has 7 heteroatoms. The van der Waals surface area contributed by atoms with Gasteiger partial charge in [-0.2, -0.15) is 0 Å². The number of anilines is 2. The van der Waals surface area contributed by atoms with Gasteiger partial charge in [0.25, 0.3) is 5.91 Å². The van der Waals surface area contributed by atoms with E-state index in [1.165, 1.54) is 7.11 Å². The fourth-order valence-corrected chi connectivity index (χ4v) is 2.33. The van der Waals surface area contributed by atoms with E-state index in [2.05, 4.69) is 10.6 Å². The van der Waals surface area contributed by atoms with Gasteiger partial charge in [0.15, 0.2) is 0 Å². The Kier molecular flexibility index (Phi) is 4.21. The molecule has 0 aliphatic rings. The molecule has 0 saturated heterocycles. The number of hydrogen-bond acceptors (Lipinski definition) is 4. The number of thiophene rings is 1. The van der Waals surface area contributed by atoms with Gasteiger partial charge in [-0.25, -0.2) is 4.79 Å². The molecule has 0 atom stereocenters. The number of carbonyl (C=O) groups excluding carboxylic acids is 1. The van der Waals surface area contributed by atoms with Crippen molar-refractivity contribution in [1.29, 1.82) is 0 Å². The minimum absolute atomic E-state index is 0.267. The lowest BCUT2D eigenvalue weighted by Crippen LogP contribution is -2.14. The van der Waals surface area contributed by atoms with Crippen molar-refractivity contribution in [2.24, 2.45) is 0 Å². The maximum Gasteiger partial charge on any atom is 0.409 e. The highest BCUT2D eigenvalue weighted by molar-refractivity contribution is 7.12. The number of amides is 2. The van der Waals surface area contributed by atoms with Crippen molar-refractivity contribution in [3.63, 3.8) is 0 Å². The largest absolute Gasteiger partial charge is 0.497 e. The summed E-state index contributed by atoms with van der Waals surface area (Å²) in [6, 6.07) is 8.45. The van der Waals surface area contributed by atoms with Crippen LogP contribution in [0.3, 0.4) is 0 Å². The molecule has 0 fully saturated rings. The lowest BCUT2D eigenvalue weighted by molar-refractivity contribution is 0.103. The fourth-order valence-electron chi connectivity index (χ4n) is 1.59. The van der Waals surface area contributed by atoms with Gasteiger partial charge in [-0.1, -0.05) is 6.07 Å². The molecule has 1 aromatic heterocycles. The summed E-state index contributed by atoms with van der Waals surface area (Å²) in [5.41, 5.74) is 0.840. The van der Waals surface area contributed by atoms with Gasteiger partial charge in [0.1, 0.15) is 10.6 Å². The Labute approximate surface area is 119 Å². The summed E-state index contributed by atoms with van der Waals surface area (Å²) in [5, 5.41) is 15.2. The minimum Gasteiger partial charge on any atom is -0.497 e. The highest BCUT2D eigenvalue weighted by Crippen LogP contribution is 2.24. The van der Waals surface area contributed by atoms with E-state index in [0.29, 0.717) is 16.3 Å². The molecule has 0 radical (unpaired) electrons. The van der Waals surface area contributed by atoms with E-state index >= 15 is 0 Å². The second-order valence-electron chi connectivity index (χ2n) is 3.78. The maximum atomic E-state index is 12.1. The first-order valence-electron chi connectivity index (χ1n) is 5.63. The van der Waals surface area contributed by atoms with Crippen molar-refractivity contribution in [2.75, 3.05) is 17.7 Å². The zero-order valence-corrected chi connectivity index (χ0v) is 11.4. The zero-order valence-electron chi connectivity index (χ0n) is 10.5. The average Bonchev–Trinajstić information content (AvgIpc) is 2.86. The maximum absolute atomic E-state index is 12.1. The number of nitrogens with one attached hydrogen (secondary N) is 2. The van der Waals surface area contributed by atoms with Crippen molar-refractivity contribution in [1.82, 2.24) is 0 Å². The zero-order chi connectivity index (χ0) is 14.5. The van der Waals surface area contributed by atoms with E-state index in [9.17, 15) is 9.59 Å². The number of carboxylic acid groups (broad SMARTS) is 1. The lowest BCUT2D eigenvalue weighted by Gasteiger charge is -2.07. The first-order chi connectivity index (χ1) is 9.60. The Morgan fingerprint density at radius 2 is 2.05 bits per heavy atom. The third-order valence-corrected chi connectivity index (χ3v) is 3.35. The molecule has 0 unspecified atom stereocenters. The molecule has 6 nitrogen and oxygen atoms in total. The van der Waals surface area contributed by atoms with Crippen LogP contribution in [0.15, 0.2) is 35.7 Å². The molecular formula is C13H12N2O4S. The normalized spacial score (nSPS) is 9.85. The molecule has 0 aliphatic heterocycles. The first-order valence-corrected chi connectivity index (χ1v) is 6.51. The Balaban J connectivity index is 2.15. The van der Waals surface area contributed by atoms with Crippen molar-refractivity contribution >= 4 is 34.7 Å². The molecule has 104 valence electrons. The number of benzene rings is 1. The van der Waals surface area contributed by atoms with Crippen LogP contribution in [0.5, 0.6) is 5.75 Å². The van der Waals surface area contributed by atoms with Crippen LogP contribution in [0.2, 0.25) is 0 Å². The van der Waals surface area contributed by atoms with Crippen LogP contribution < -0.4 is 15.4 Å². The Morgan fingerprint density at radius 1 is 1.25 bits per heavy atom. The number of methoxy groups -OCH3 is 1. The Bertz CT molecular complexity index is 639. The van der Waals surface area contributed by atoms with Crippen LogP contribution in [0.1, 0.15) is 9.67 Å². The highest BCUT2D eigenvalue weighted by Gasteiger charge is 2.15.